The number of ether oxygens (including phenoxy) is 1. The molecule has 2 N–H and O–H groups in total. The van der Waals surface area contributed by atoms with E-state index in [-0.39, 0.29) is 11.2 Å². The van der Waals surface area contributed by atoms with Gasteiger partial charge < -0.3 is 14.8 Å². The first-order valence-corrected chi connectivity index (χ1v) is 4.90. The van der Waals surface area contributed by atoms with Gasteiger partial charge in [0, 0.05) is 10.8 Å². The van der Waals surface area contributed by atoms with Crippen molar-refractivity contribution in [3.63, 3.8) is 0 Å². The van der Waals surface area contributed by atoms with E-state index in [2.05, 4.69) is 4.98 Å². The maximum Gasteiger partial charge on any atom is 0.492 e. The zero-order chi connectivity index (χ0) is 12.4. The standard InChI is InChI=1S/C11H9BN2O3/c1-17-11-4-7-2-3-8(6-13)14-10(7)5-9(11)12(15)16/h2-5,15-16H,1H3. The van der Waals surface area contributed by atoms with Gasteiger partial charge in [0.25, 0.3) is 0 Å². The first-order chi connectivity index (χ1) is 8.15. The molecule has 1 aromatic heterocycles. The summed E-state index contributed by atoms with van der Waals surface area (Å²) < 4.78 is 5.06. The van der Waals surface area contributed by atoms with Gasteiger partial charge in [-0.25, -0.2) is 4.98 Å². The summed E-state index contributed by atoms with van der Waals surface area (Å²) in [5.74, 6) is 0.374. The largest absolute Gasteiger partial charge is 0.497 e. The quantitative estimate of drug-likeness (QED) is 0.694. The van der Waals surface area contributed by atoms with Gasteiger partial charge in [-0.05, 0) is 24.3 Å². The minimum Gasteiger partial charge on any atom is -0.497 e. The van der Waals surface area contributed by atoms with E-state index in [1.54, 1.807) is 18.2 Å². The Labute approximate surface area is 98.0 Å². The lowest BCUT2D eigenvalue weighted by Gasteiger charge is -2.09. The van der Waals surface area contributed by atoms with Crippen LogP contribution >= 0.6 is 0 Å². The van der Waals surface area contributed by atoms with E-state index in [4.69, 9.17) is 10.00 Å². The third kappa shape index (κ3) is 2.06. The molecule has 5 nitrogen and oxygen atoms in total. The molecule has 2 aromatic rings. The Kier molecular flexibility index (Phi) is 2.96. The van der Waals surface area contributed by atoms with Crippen LogP contribution in [0.5, 0.6) is 5.75 Å². The van der Waals surface area contributed by atoms with E-state index in [0.29, 0.717) is 11.3 Å². The van der Waals surface area contributed by atoms with E-state index in [1.807, 2.05) is 6.07 Å². The number of rotatable bonds is 2. The van der Waals surface area contributed by atoms with Gasteiger partial charge in [-0.15, -0.1) is 0 Å². The average Bonchev–Trinajstić information content (AvgIpc) is 2.36. The molecule has 17 heavy (non-hydrogen) atoms. The molecule has 0 fully saturated rings. The lowest BCUT2D eigenvalue weighted by molar-refractivity contribution is 0.403. The van der Waals surface area contributed by atoms with E-state index < -0.39 is 7.12 Å². The Bertz CT molecular complexity index is 607. The van der Waals surface area contributed by atoms with Crippen molar-refractivity contribution < 1.29 is 14.8 Å². The van der Waals surface area contributed by atoms with Crippen molar-refractivity contribution in [1.29, 1.82) is 5.26 Å². The van der Waals surface area contributed by atoms with Crippen molar-refractivity contribution in [1.82, 2.24) is 4.98 Å². The summed E-state index contributed by atoms with van der Waals surface area (Å²) in [5.41, 5.74) is 1.02. The molecule has 6 heteroatoms. The molecule has 0 atom stereocenters. The van der Waals surface area contributed by atoms with Crippen molar-refractivity contribution in [2.45, 2.75) is 0 Å². The molecule has 84 valence electrons. The van der Waals surface area contributed by atoms with Crippen molar-refractivity contribution in [2.75, 3.05) is 7.11 Å². The lowest BCUT2D eigenvalue weighted by atomic mass is 9.79. The lowest BCUT2D eigenvalue weighted by Crippen LogP contribution is -2.31. The molecule has 0 amide bonds. The number of fused-ring (bicyclic) bond motifs is 1. The van der Waals surface area contributed by atoms with Crippen molar-refractivity contribution in [3.05, 3.63) is 30.0 Å². The third-order valence-corrected chi connectivity index (χ3v) is 2.43. The van der Waals surface area contributed by atoms with Crippen molar-refractivity contribution in [2.24, 2.45) is 0 Å². The number of nitrogens with zero attached hydrogens (tertiary/aromatic N) is 2. The second kappa shape index (κ2) is 4.41. The highest BCUT2D eigenvalue weighted by molar-refractivity contribution is 6.60. The molecule has 0 spiro atoms. The predicted octanol–water partition coefficient (Wildman–Crippen LogP) is -0.205. The number of methoxy groups -OCH3 is 1. The van der Waals surface area contributed by atoms with Gasteiger partial charge >= 0.3 is 7.12 Å². The van der Waals surface area contributed by atoms with E-state index >= 15 is 0 Å². The van der Waals surface area contributed by atoms with Crippen LogP contribution in [0.15, 0.2) is 24.3 Å². The fourth-order valence-corrected chi connectivity index (χ4v) is 1.61. The normalized spacial score (nSPS) is 10.0. The van der Waals surface area contributed by atoms with Crippen LogP contribution in [-0.4, -0.2) is 29.3 Å². The molecule has 0 radical (unpaired) electrons. The van der Waals surface area contributed by atoms with Crippen LogP contribution in [0.25, 0.3) is 10.9 Å². The molecule has 0 aliphatic carbocycles. The molecule has 0 bridgehead atoms. The molecule has 1 heterocycles. The molecule has 0 saturated heterocycles. The molecule has 2 rings (SSSR count). The number of nitriles is 1. The summed E-state index contributed by atoms with van der Waals surface area (Å²) in [7, 11) is -0.189. The topological polar surface area (TPSA) is 86.4 Å². The van der Waals surface area contributed by atoms with Crippen LogP contribution in [-0.2, 0) is 0 Å². The van der Waals surface area contributed by atoms with Gasteiger partial charge in [0.1, 0.15) is 17.5 Å². The minimum atomic E-state index is -1.64. The highest BCUT2D eigenvalue weighted by Gasteiger charge is 2.18. The maximum atomic E-state index is 9.20. The Balaban J connectivity index is 2.71. The van der Waals surface area contributed by atoms with E-state index in [0.717, 1.165) is 5.39 Å². The highest BCUT2D eigenvalue weighted by atomic mass is 16.5. The summed E-state index contributed by atoms with van der Waals surface area (Å²) in [5, 5.41) is 27.9. The fourth-order valence-electron chi connectivity index (χ4n) is 1.61. The Morgan fingerprint density at radius 1 is 1.35 bits per heavy atom. The Morgan fingerprint density at radius 2 is 2.12 bits per heavy atom. The van der Waals surface area contributed by atoms with E-state index in [1.165, 1.54) is 13.2 Å². The van der Waals surface area contributed by atoms with Crippen LogP contribution in [0.2, 0.25) is 0 Å². The Morgan fingerprint density at radius 3 is 2.71 bits per heavy atom. The maximum absolute atomic E-state index is 9.20. The molecule has 0 aliphatic heterocycles. The minimum absolute atomic E-state index is 0.225. The van der Waals surface area contributed by atoms with Crippen LogP contribution in [0.3, 0.4) is 0 Å². The molecular formula is C11H9BN2O3. The second-order valence-corrected chi connectivity index (χ2v) is 3.47. The van der Waals surface area contributed by atoms with Crippen LogP contribution in [0.4, 0.5) is 0 Å². The monoisotopic (exact) mass is 228 g/mol. The smallest absolute Gasteiger partial charge is 0.492 e. The number of pyridine rings is 1. The highest BCUT2D eigenvalue weighted by Crippen LogP contribution is 2.18. The molecular weight excluding hydrogens is 219 g/mol. The third-order valence-electron chi connectivity index (χ3n) is 2.43. The first kappa shape index (κ1) is 11.4. The first-order valence-electron chi connectivity index (χ1n) is 4.90. The number of benzene rings is 1. The van der Waals surface area contributed by atoms with Crippen LogP contribution < -0.4 is 10.2 Å². The SMILES string of the molecule is COc1cc2ccc(C#N)nc2cc1B(O)O. The van der Waals surface area contributed by atoms with Gasteiger partial charge in [0.05, 0.1) is 12.6 Å². The van der Waals surface area contributed by atoms with Gasteiger partial charge in [0.15, 0.2) is 0 Å². The van der Waals surface area contributed by atoms with Crippen molar-refractivity contribution >= 4 is 23.5 Å². The summed E-state index contributed by atoms with van der Waals surface area (Å²) in [4.78, 5) is 4.07. The van der Waals surface area contributed by atoms with Crippen molar-refractivity contribution in [3.8, 4) is 11.8 Å². The van der Waals surface area contributed by atoms with Gasteiger partial charge in [-0.1, -0.05) is 0 Å². The zero-order valence-corrected chi connectivity index (χ0v) is 9.08. The second-order valence-electron chi connectivity index (χ2n) is 3.47. The summed E-state index contributed by atoms with van der Waals surface area (Å²) in [6.07, 6.45) is 0. The zero-order valence-electron chi connectivity index (χ0n) is 9.08. The predicted molar refractivity (Wildman–Crippen MR) is 62.8 cm³/mol. The van der Waals surface area contributed by atoms with Gasteiger partial charge in [0.2, 0.25) is 0 Å². The summed E-state index contributed by atoms with van der Waals surface area (Å²) >= 11 is 0. The van der Waals surface area contributed by atoms with E-state index in [9.17, 15) is 10.0 Å². The van der Waals surface area contributed by atoms with Gasteiger partial charge in [-0.3, -0.25) is 0 Å². The number of hydrogen-bond donors (Lipinski definition) is 2. The van der Waals surface area contributed by atoms with Crippen LogP contribution in [0, 0.1) is 11.3 Å². The number of aromatic nitrogens is 1. The average molecular weight is 228 g/mol. The summed E-state index contributed by atoms with van der Waals surface area (Å²) in [6.45, 7) is 0. The number of hydrogen-bond acceptors (Lipinski definition) is 5. The van der Waals surface area contributed by atoms with Crippen LogP contribution in [0.1, 0.15) is 5.69 Å². The molecule has 1 aromatic carbocycles. The summed E-state index contributed by atoms with van der Waals surface area (Å²) in [6, 6.07) is 8.41. The molecule has 0 aliphatic rings. The van der Waals surface area contributed by atoms with Gasteiger partial charge in [-0.2, -0.15) is 5.26 Å². The Hall–Kier alpha value is -2.10. The molecule has 0 saturated carbocycles. The fraction of sp³-hybridized carbons (Fsp3) is 0.0909. The molecule has 0 unspecified atom stereocenters.